The van der Waals surface area contributed by atoms with Crippen LogP contribution in [0.25, 0.3) is 0 Å². The van der Waals surface area contributed by atoms with E-state index in [1.807, 2.05) is 19.1 Å². The van der Waals surface area contributed by atoms with Gasteiger partial charge in [0, 0.05) is 0 Å². The van der Waals surface area contributed by atoms with E-state index in [9.17, 15) is 4.79 Å². The number of carbonyl (C=O) groups is 1. The molecule has 7 nitrogen and oxygen atoms in total. The minimum absolute atomic E-state index is 0.116. The zero-order valence-electron chi connectivity index (χ0n) is 11.8. The van der Waals surface area contributed by atoms with Crippen molar-refractivity contribution in [3.05, 3.63) is 41.7 Å². The van der Waals surface area contributed by atoms with Gasteiger partial charge in [0.2, 0.25) is 5.95 Å². The Labute approximate surface area is 122 Å². The van der Waals surface area contributed by atoms with Crippen LogP contribution in [0.5, 0.6) is 5.75 Å². The van der Waals surface area contributed by atoms with Gasteiger partial charge in [-0.05, 0) is 36.8 Å². The van der Waals surface area contributed by atoms with Crippen molar-refractivity contribution in [2.24, 2.45) is 5.10 Å². The van der Waals surface area contributed by atoms with Crippen LogP contribution in [0.4, 0.5) is 5.95 Å². The number of aromatic nitrogens is 2. The second-order valence-corrected chi connectivity index (χ2v) is 4.26. The number of aryl methyl sites for hydroxylation is 1. The van der Waals surface area contributed by atoms with Crippen molar-refractivity contribution in [2.45, 2.75) is 6.92 Å². The smallest absolute Gasteiger partial charge is 0.343 e. The van der Waals surface area contributed by atoms with Crippen LogP contribution in [-0.2, 0) is 9.53 Å². The molecule has 0 radical (unpaired) electrons. The maximum absolute atomic E-state index is 11.0. The van der Waals surface area contributed by atoms with E-state index in [0.717, 1.165) is 11.3 Å². The first-order valence-corrected chi connectivity index (χ1v) is 6.24. The lowest BCUT2D eigenvalue weighted by molar-refractivity contribution is -0.142. The van der Waals surface area contributed by atoms with Gasteiger partial charge in [0.25, 0.3) is 0 Å². The number of hydrogen-bond acceptors (Lipinski definition) is 6. The number of esters is 1. The standard InChI is InChI=1S/C14H16N4O3/c1-10-8-18(14(15)17-10)16-7-11-3-5-12(6-4-11)21-9-13(19)20-2/h3-8H,9H2,1-2H3,(H2,15,17). The highest BCUT2D eigenvalue weighted by molar-refractivity contribution is 5.79. The lowest BCUT2D eigenvalue weighted by Crippen LogP contribution is -2.12. The van der Waals surface area contributed by atoms with E-state index in [2.05, 4.69) is 14.8 Å². The molecule has 2 N–H and O–H groups in total. The molecule has 7 heteroatoms. The molecule has 21 heavy (non-hydrogen) atoms. The summed E-state index contributed by atoms with van der Waals surface area (Å²) in [4.78, 5) is 15.0. The minimum atomic E-state index is -0.424. The van der Waals surface area contributed by atoms with Crippen molar-refractivity contribution in [3.63, 3.8) is 0 Å². The number of nitrogens with zero attached hydrogens (tertiary/aromatic N) is 3. The molecule has 0 saturated heterocycles. The van der Waals surface area contributed by atoms with Crippen molar-refractivity contribution in [1.29, 1.82) is 0 Å². The van der Waals surface area contributed by atoms with Crippen molar-refractivity contribution >= 4 is 18.1 Å². The summed E-state index contributed by atoms with van der Waals surface area (Å²) in [7, 11) is 1.31. The summed E-state index contributed by atoms with van der Waals surface area (Å²) >= 11 is 0. The second-order valence-electron chi connectivity index (χ2n) is 4.26. The lowest BCUT2D eigenvalue weighted by Gasteiger charge is -2.04. The van der Waals surface area contributed by atoms with Crippen LogP contribution in [0, 0.1) is 6.92 Å². The fourth-order valence-electron chi connectivity index (χ4n) is 1.58. The van der Waals surface area contributed by atoms with E-state index in [1.54, 1.807) is 24.5 Å². The van der Waals surface area contributed by atoms with Crippen LogP contribution < -0.4 is 10.5 Å². The van der Waals surface area contributed by atoms with Gasteiger partial charge in [0.15, 0.2) is 6.61 Å². The predicted molar refractivity (Wildman–Crippen MR) is 78.3 cm³/mol. The third-order valence-corrected chi connectivity index (χ3v) is 2.63. The maximum atomic E-state index is 11.0. The van der Waals surface area contributed by atoms with Crippen LogP contribution in [0.2, 0.25) is 0 Å². The number of rotatable bonds is 5. The summed E-state index contributed by atoms with van der Waals surface area (Å²) in [6, 6.07) is 7.12. The highest BCUT2D eigenvalue weighted by atomic mass is 16.6. The molecule has 0 unspecified atom stereocenters. The number of carbonyl (C=O) groups excluding carboxylic acids is 1. The second kappa shape index (κ2) is 6.56. The average Bonchev–Trinajstić information content (AvgIpc) is 2.81. The largest absolute Gasteiger partial charge is 0.482 e. The Morgan fingerprint density at radius 1 is 1.43 bits per heavy atom. The number of hydrogen-bond donors (Lipinski definition) is 1. The van der Waals surface area contributed by atoms with Gasteiger partial charge in [0.1, 0.15) is 5.75 Å². The van der Waals surface area contributed by atoms with Gasteiger partial charge in [-0.15, -0.1) is 0 Å². The molecule has 1 heterocycles. The zero-order valence-corrected chi connectivity index (χ0v) is 11.8. The molecule has 110 valence electrons. The van der Waals surface area contributed by atoms with E-state index in [1.165, 1.54) is 11.8 Å². The predicted octanol–water partition coefficient (Wildman–Crippen LogP) is 1.21. The molecule has 1 aromatic heterocycles. The van der Waals surface area contributed by atoms with Crippen LogP contribution in [0.1, 0.15) is 11.3 Å². The van der Waals surface area contributed by atoms with Gasteiger partial charge in [-0.25, -0.2) is 14.5 Å². The van der Waals surface area contributed by atoms with Gasteiger partial charge < -0.3 is 15.2 Å². The molecule has 2 aromatic rings. The number of imidazole rings is 1. The SMILES string of the molecule is COC(=O)COc1ccc(C=Nn2cc(C)nc2N)cc1. The minimum Gasteiger partial charge on any atom is -0.482 e. The van der Waals surface area contributed by atoms with E-state index < -0.39 is 5.97 Å². The first kappa shape index (κ1) is 14.6. The van der Waals surface area contributed by atoms with Crippen molar-refractivity contribution in [1.82, 2.24) is 9.66 Å². The topological polar surface area (TPSA) is 91.7 Å². The molecule has 0 amide bonds. The highest BCUT2D eigenvalue weighted by Crippen LogP contribution is 2.11. The summed E-state index contributed by atoms with van der Waals surface area (Å²) in [6.07, 6.45) is 3.39. The monoisotopic (exact) mass is 288 g/mol. The van der Waals surface area contributed by atoms with Crippen LogP contribution in [-0.4, -0.2) is 35.6 Å². The number of methoxy groups -OCH3 is 1. The summed E-state index contributed by atoms with van der Waals surface area (Å²) in [5.74, 6) is 0.490. The zero-order chi connectivity index (χ0) is 15.2. The van der Waals surface area contributed by atoms with Gasteiger partial charge in [0.05, 0.1) is 25.2 Å². The Hall–Kier alpha value is -2.83. The van der Waals surface area contributed by atoms with Gasteiger partial charge in [-0.1, -0.05) is 0 Å². The Balaban J connectivity index is 1.99. The van der Waals surface area contributed by atoms with E-state index in [-0.39, 0.29) is 6.61 Å². The molecule has 0 saturated carbocycles. The number of nitrogens with two attached hydrogens (primary N) is 1. The fraction of sp³-hybridized carbons (Fsp3) is 0.214. The summed E-state index contributed by atoms with van der Waals surface area (Å²) in [6.45, 7) is 1.73. The van der Waals surface area contributed by atoms with Crippen LogP contribution >= 0.6 is 0 Å². The average molecular weight is 288 g/mol. The van der Waals surface area contributed by atoms with Crippen molar-refractivity contribution in [3.8, 4) is 5.75 Å². The number of nitrogen functional groups attached to an aromatic ring is 1. The first-order valence-electron chi connectivity index (χ1n) is 6.24. The Kier molecular flexibility index (Phi) is 4.55. The number of ether oxygens (including phenoxy) is 2. The molecule has 0 aliphatic rings. The Morgan fingerprint density at radius 3 is 2.71 bits per heavy atom. The normalized spacial score (nSPS) is 10.8. The maximum Gasteiger partial charge on any atom is 0.343 e. The molecular weight excluding hydrogens is 272 g/mol. The molecule has 0 aliphatic carbocycles. The van der Waals surface area contributed by atoms with E-state index >= 15 is 0 Å². The molecule has 0 atom stereocenters. The van der Waals surface area contributed by atoms with Crippen LogP contribution in [0.3, 0.4) is 0 Å². The number of anilines is 1. The summed E-state index contributed by atoms with van der Waals surface area (Å²) in [5.41, 5.74) is 7.35. The van der Waals surface area contributed by atoms with Crippen molar-refractivity contribution in [2.75, 3.05) is 19.5 Å². The summed E-state index contributed by atoms with van der Waals surface area (Å²) < 4.78 is 11.2. The molecule has 2 rings (SSSR count). The van der Waals surface area contributed by atoms with Gasteiger partial charge in [-0.2, -0.15) is 5.10 Å². The highest BCUT2D eigenvalue weighted by Gasteiger charge is 2.01. The number of benzene rings is 1. The van der Waals surface area contributed by atoms with E-state index in [4.69, 9.17) is 10.5 Å². The van der Waals surface area contributed by atoms with Crippen molar-refractivity contribution < 1.29 is 14.3 Å². The first-order chi connectivity index (χ1) is 10.1. The lowest BCUT2D eigenvalue weighted by atomic mass is 10.2. The Morgan fingerprint density at radius 2 is 2.14 bits per heavy atom. The molecule has 0 bridgehead atoms. The molecule has 1 aromatic carbocycles. The van der Waals surface area contributed by atoms with Gasteiger partial charge >= 0.3 is 5.97 Å². The molecule has 0 fully saturated rings. The summed E-state index contributed by atoms with van der Waals surface area (Å²) in [5, 5.41) is 4.20. The third-order valence-electron chi connectivity index (χ3n) is 2.63. The third kappa shape index (κ3) is 4.07. The van der Waals surface area contributed by atoms with E-state index in [0.29, 0.717) is 11.7 Å². The molecular formula is C14H16N4O3. The fourth-order valence-corrected chi connectivity index (χ4v) is 1.58. The quantitative estimate of drug-likeness (QED) is 0.659. The van der Waals surface area contributed by atoms with Gasteiger partial charge in [-0.3, -0.25) is 0 Å². The molecule has 0 aliphatic heterocycles. The van der Waals surface area contributed by atoms with Crippen LogP contribution in [0.15, 0.2) is 35.6 Å². The molecule has 0 spiro atoms. The Bertz CT molecular complexity index is 647.